The Hall–Kier alpha value is -3.44. The molecule has 1 unspecified atom stereocenters. The van der Waals surface area contributed by atoms with Crippen LogP contribution < -0.4 is 25.6 Å². The Morgan fingerprint density at radius 3 is 2.65 bits per heavy atom. The van der Waals surface area contributed by atoms with E-state index in [0.29, 0.717) is 17.9 Å². The Morgan fingerprint density at radius 1 is 1.19 bits per heavy atom. The maximum absolute atomic E-state index is 12.0. The standard InChI is InChI=1S/C20H23N5O5S/c1-25(19(21)26)10-7-14-12-15(4-5-17(14)25)30-16-6-9-22-18(13-16)24-20(27)23-8-3-11-31(2,28)29/h4-7,9-10,12-13H,3,8,11H2,1-2H3,(H3-,21,22,23,24,26,27)/p+1. The van der Waals surface area contributed by atoms with Gasteiger partial charge >= 0.3 is 12.1 Å². The van der Waals surface area contributed by atoms with Crippen LogP contribution in [0.1, 0.15) is 12.0 Å². The predicted octanol–water partition coefficient (Wildman–Crippen LogP) is 2.43. The lowest BCUT2D eigenvalue weighted by Crippen LogP contribution is -2.47. The number of ether oxygens (including phenoxy) is 1. The Bertz CT molecular complexity index is 1150. The number of rotatable bonds is 7. The van der Waals surface area contributed by atoms with Gasteiger partial charge in [-0.25, -0.2) is 23.0 Å². The average Bonchev–Trinajstić information content (AvgIpc) is 3.02. The second-order valence-corrected chi connectivity index (χ2v) is 9.55. The minimum absolute atomic E-state index is 0.00228. The number of anilines is 1. The highest BCUT2D eigenvalue weighted by Crippen LogP contribution is 2.37. The van der Waals surface area contributed by atoms with Crippen LogP contribution in [-0.2, 0) is 9.84 Å². The van der Waals surface area contributed by atoms with E-state index in [1.165, 1.54) is 6.20 Å². The van der Waals surface area contributed by atoms with Gasteiger partial charge in [-0.3, -0.25) is 5.32 Å². The van der Waals surface area contributed by atoms with Crippen molar-refractivity contribution in [3.63, 3.8) is 0 Å². The Kier molecular flexibility index (Phi) is 6.27. The lowest BCUT2D eigenvalue weighted by Gasteiger charge is -2.21. The van der Waals surface area contributed by atoms with Crippen LogP contribution in [0.5, 0.6) is 11.5 Å². The molecule has 3 rings (SSSR count). The van der Waals surface area contributed by atoms with Gasteiger partial charge in [-0.15, -0.1) is 0 Å². The zero-order valence-electron chi connectivity index (χ0n) is 17.2. The number of carbonyl (C=O) groups excluding carboxylic acids is 2. The number of benzene rings is 1. The maximum atomic E-state index is 12.0. The molecule has 31 heavy (non-hydrogen) atoms. The van der Waals surface area contributed by atoms with Crippen molar-refractivity contribution in [3.05, 3.63) is 48.3 Å². The number of hydrogen-bond acceptors (Lipinski definition) is 6. The van der Waals surface area contributed by atoms with Gasteiger partial charge < -0.3 is 15.8 Å². The van der Waals surface area contributed by atoms with Gasteiger partial charge in [0.2, 0.25) is 0 Å². The van der Waals surface area contributed by atoms with Crippen LogP contribution in [0.2, 0.25) is 0 Å². The molecule has 10 nitrogen and oxygen atoms in total. The molecule has 1 aromatic carbocycles. The van der Waals surface area contributed by atoms with Crippen LogP contribution >= 0.6 is 0 Å². The number of fused-ring (bicyclic) bond motifs is 1. The van der Waals surface area contributed by atoms with E-state index in [9.17, 15) is 18.0 Å². The Balaban J connectivity index is 1.61. The summed E-state index contributed by atoms with van der Waals surface area (Å²) in [6, 6.07) is 7.52. The van der Waals surface area contributed by atoms with E-state index in [1.54, 1.807) is 49.7 Å². The lowest BCUT2D eigenvalue weighted by molar-refractivity contribution is 0.232. The fourth-order valence-electron chi connectivity index (χ4n) is 3.03. The molecule has 4 amide bonds. The minimum Gasteiger partial charge on any atom is -0.457 e. The summed E-state index contributed by atoms with van der Waals surface area (Å²) in [6.07, 6.45) is 6.47. The van der Waals surface area contributed by atoms with Gasteiger partial charge in [-0.1, -0.05) is 0 Å². The molecule has 0 spiro atoms. The van der Waals surface area contributed by atoms with E-state index >= 15 is 0 Å². The molecule has 0 bridgehead atoms. The molecule has 2 heterocycles. The van der Waals surface area contributed by atoms with Gasteiger partial charge in [-0.2, -0.15) is 4.48 Å². The first-order valence-corrected chi connectivity index (χ1v) is 11.5. The number of urea groups is 2. The highest BCUT2D eigenvalue weighted by atomic mass is 32.2. The van der Waals surface area contributed by atoms with Crippen molar-refractivity contribution in [2.45, 2.75) is 6.42 Å². The third-order valence-corrected chi connectivity index (χ3v) is 5.73. The van der Waals surface area contributed by atoms with Gasteiger partial charge in [0.25, 0.3) is 0 Å². The number of nitrogens with two attached hydrogens (primary N) is 1. The van der Waals surface area contributed by atoms with Crippen LogP contribution in [0.15, 0.2) is 42.7 Å². The highest BCUT2D eigenvalue weighted by molar-refractivity contribution is 7.90. The fraction of sp³-hybridized carbons (Fsp3) is 0.250. The summed E-state index contributed by atoms with van der Waals surface area (Å²) < 4.78 is 27.9. The third-order valence-electron chi connectivity index (χ3n) is 4.70. The first-order valence-electron chi connectivity index (χ1n) is 9.43. The monoisotopic (exact) mass is 446 g/mol. The number of aromatic nitrogens is 1. The Labute approximate surface area is 180 Å². The predicted molar refractivity (Wildman–Crippen MR) is 118 cm³/mol. The van der Waals surface area contributed by atoms with E-state index in [-0.39, 0.29) is 22.6 Å². The van der Waals surface area contributed by atoms with Crippen molar-refractivity contribution in [3.8, 4) is 11.5 Å². The summed E-state index contributed by atoms with van der Waals surface area (Å²) in [5, 5.41) is 5.15. The van der Waals surface area contributed by atoms with Crippen molar-refractivity contribution >= 4 is 39.5 Å². The normalized spacial score (nSPS) is 17.1. The van der Waals surface area contributed by atoms with Crippen molar-refractivity contribution in [1.29, 1.82) is 0 Å². The molecule has 11 heteroatoms. The van der Waals surface area contributed by atoms with Crippen LogP contribution in [0.4, 0.5) is 21.1 Å². The lowest BCUT2D eigenvalue weighted by atomic mass is 10.2. The molecule has 4 N–H and O–H groups in total. The minimum atomic E-state index is -3.06. The number of nitrogens with zero attached hydrogens (tertiary/aromatic N) is 2. The van der Waals surface area contributed by atoms with E-state index in [2.05, 4.69) is 15.6 Å². The molecule has 164 valence electrons. The number of pyridine rings is 1. The van der Waals surface area contributed by atoms with Crippen molar-refractivity contribution < 1.29 is 22.7 Å². The van der Waals surface area contributed by atoms with Gasteiger partial charge in [0, 0.05) is 42.8 Å². The third kappa shape index (κ3) is 5.58. The zero-order valence-corrected chi connectivity index (χ0v) is 18.0. The smallest absolute Gasteiger partial charge is 0.423 e. The largest absolute Gasteiger partial charge is 0.457 e. The van der Waals surface area contributed by atoms with E-state index in [0.717, 1.165) is 17.5 Å². The summed E-state index contributed by atoms with van der Waals surface area (Å²) >= 11 is 0. The second kappa shape index (κ2) is 8.74. The quantitative estimate of drug-likeness (QED) is 0.441. The number of hydrogen-bond donors (Lipinski definition) is 3. The highest BCUT2D eigenvalue weighted by Gasteiger charge is 2.36. The SMILES string of the molecule is C[N+]1(C(N)=O)C=Cc2cc(Oc3ccnc(NC(=O)NCCCS(C)(=O)=O)c3)ccc21. The first-order chi connectivity index (χ1) is 14.6. The molecule has 0 fully saturated rings. The van der Waals surface area contributed by atoms with E-state index in [4.69, 9.17) is 10.5 Å². The van der Waals surface area contributed by atoms with Gasteiger partial charge in [0.05, 0.1) is 12.8 Å². The Morgan fingerprint density at radius 2 is 1.94 bits per heavy atom. The molecule has 0 saturated carbocycles. The molecule has 1 aliphatic heterocycles. The molecule has 1 atom stereocenters. The second-order valence-electron chi connectivity index (χ2n) is 7.29. The molecular formula is C20H24N5O5S+. The van der Waals surface area contributed by atoms with Crippen molar-refractivity contribution in [2.24, 2.45) is 5.73 Å². The van der Waals surface area contributed by atoms with Crippen molar-refractivity contribution in [1.82, 2.24) is 14.8 Å². The summed E-state index contributed by atoms with van der Waals surface area (Å²) in [5.74, 6) is 1.28. The average molecular weight is 447 g/mol. The zero-order chi connectivity index (χ0) is 22.6. The molecule has 2 aromatic rings. The molecule has 0 radical (unpaired) electrons. The fourth-order valence-corrected chi connectivity index (χ4v) is 3.70. The number of quaternary nitrogens is 1. The van der Waals surface area contributed by atoms with Crippen LogP contribution in [0.25, 0.3) is 6.08 Å². The van der Waals surface area contributed by atoms with E-state index in [1.807, 2.05) is 0 Å². The summed E-state index contributed by atoms with van der Waals surface area (Å²) in [7, 11) is -1.35. The molecule has 0 saturated heterocycles. The van der Waals surface area contributed by atoms with E-state index < -0.39 is 21.9 Å². The van der Waals surface area contributed by atoms with Gasteiger partial charge in [-0.05, 0) is 24.6 Å². The maximum Gasteiger partial charge on any atom is 0.423 e. The molecule has 0 aliphatic carbocycles. The number of sulfone groups is 1. The number of amides is 4. The van der Waals surface area contributed by atoms with Gasteiger partial charge in [0.1, 0.15) is 33.4 Å². The van der Waals surface area contributed by atoms with Crippen LogP contribution in [0.3, 0.4) is 0 Å². The topological polar surface area (TPSA) is 140 Å². The van der Waals surface area contributed by atoms with Crippen molar-refractivity contribution in [2.75, 3.05) is 30.9 Å². The number of primary amides is 1. The molecular weight excluding hydrogens is 422 g/mol. The van der Waals surface area contributed by atoms with Crippen LogP contribution in [-0.4, -0.2) is 51.1 Å². The molecule has 1 aliphatic rings. The summed E-state index contributed by atoms with van der Waals surface area (Å²) in [4.78, 5) is 27.8. The number of nitrogens with one attached hydrogen (secondary N) is 2. The first kappa shape index (κ1) is 22.2. The summed E-state index contributed by atoms with van der Waals surface area (Å²) in [5.41, 5.74) is 7.07. The van der Waals surface area contributed by atoms with Gasteiger partial charge in [0.15, 0.2) is 5.69 Å². The number of carbonyl (C=O) groups is 2. The van der Waals surface area contributed by atoms with Crippen LogP contribution in [0, 0.1) is 0 Å². The summed E-state index contributed by atoms with van der Waals surface area (Å²) in [6.45, 7) is 0.223. The molecule has 1 aromatic heterocycles.